The Balaban J connectivity index is 4.54. The van der Waals surface area contributed by atoms with Gasteiger partial charge in [-0.2, -0.15) is 31.0 Å². The van der Waals surface area contributed by atoms with Crippen molar-refractivity contribution in [3.8, 4) is 0 Å². The van der Waals surface area contributed by atoms with Crippen molar-refractivity contribution in [2.24, 2.45) is 10.9 Å². The third kappa shape index (κ3) is 6.97. The molecule has 0 aliphatic rings. The third-order valence-electron chi connectivity index (χ3n) is 1.64. The van der Waals surface area contributed by atoms with E-state index in [1.807, 2.05) is 4.72 Å². The molecule has 11 heteroatoms. The second kappa shape index (κ2) is 6.02. The highest BCUT2D eigenvalue weighted by Gasteiger charge is 2.30. The molecule has 0 radical (unpaired) electrons. The number of hydrogen-bond acceptors (Lipinski definition) is 4. The second-order valence-electron chi connectivity index (χ2n) is 3.04. The predicted octanol–water partition coefficient (Wildman–Crippen LogP) is -0.502. The Bertz CT molecular complexity index is 367. The van der Waals surface area contributed by atoms with Crippen LogP contribution >= 0.6 is 0 Å². The van der Waals surface area contributed by atoms with E-state index in [4.69, 9.17) is 10.9 Å². The van der Waals surface area contributed by atoms with E-state index in [-0.39, 0.29) is 6.42 Å². The number of hydrogen-bond donors (Lipinski definition) is 4. The number of nitrogens with zero attached hydrogens (tertiary/aromatic N) is 1. The maximum atomic E-state index is 11.8. The van der Waals surface area contributed by atoms with E-state index < -0.39 is 34.8 Å². The zero-order valence-corrected chi connectivity index (χ0v) is 9.64. The molecule has 17 heavy (non-hydrogen) atoms. The molecule has 0 bridgehead atoms. The normalized spacial score (nSPS) is 15.9. The van der Waals surface area contributed by atoms with Gasteiger partial charge in [0.2, 0.25) is 0 Å². The van der Waals surface area contributed by atoms with Crippen LogP contribution in [0.1, 0.15) is 13.3 Å². The van der Waals surface area contributed by atoms with E-state index in [2.05, 4.69) is 5.16 Å². The number of nitrogens with two attached hydrogens (primary N) is 1. The van der Waals surface area contributed by atoms with Crippen molar-refractivity contribution < 1.29 is 26.8 Å². The number of amidine groups is 1. The van der Waals surface area contributed by atoms with Gasteiger partial charge >= 0.3 is 6.18 Å². The first-order chi connectivity index (χ1) is 7.61. The lowest BCUT2D eigenvalue weighted by atomic mass is 10.2. The molecule has 0 saturated heterocycles. The molecule has 7 nitrogen and oxygen atoms in total. The molecule has 0 aromatic rings. The summed E-state index contributed by atoms with van der Waals surface area (Å²) in [6, 6.07) is -1.08. The average Bonchev–Trinajstić information content (AvgIpc) is 2.21. The number of alkyl halides is 3. The molecule has 0 aromatic carbocycles. The number of nitrogens with one attached hydrogen (secondary N) is 2. The summed E-state index contributed by atoms with van der Waals surface area (Å²) >= 11 is 0. The van der Waals surface area contributed by atoms with E-state index >= 15 is 0 Å². The summed E-state index contributed by atoms with van der Waals surface area (Å²) < 4.78 is 60.8. The largest absolute Gasteiger partial charge is 0.409 e. The van der Waals surface area contributed by atoms with E-state index in [9.17, 15) is 21.6 Å². The van der Waals surface area contributed by atoms with Gasteiger partial charge in [-0.1, -0.05) is 12.1 Å². The van der Waals surface area contributed by atoms with Crippen molar-refractivity contribution in [1.29, 1.82) is 0 Å². The highest BCUT2D eigenvalue weighted by molar-refractivity contribution is 7.87. The van der Waals surface area contributed by atoms with Gasteiger partial charge in [0, 0.05) is 0 Å². The first-order valence-electron chi connectivity index (χ1n) is 4.42. The summed E-state index contributed by atoms with van der Waals surface area (Å²) in [4.78, 5) is 0. The van der Waals surface area contributed by atoms with E-state index in [1.54, 1.807) is 0 Å². The number of halogens is 3. The first kappa shape index (κ1) is 15.9. The molecular formula is C6H13F3N4O3S. The third-order valence-corrected chi connectivity index (χ3v) is 2.76. The molecule has 0 amide bonds. The summed E-state index contributed by atoms with van der Waals surface area (Å²) in [7, 11) is -4.37. The van der Waals surface area contributed by atoms with Gasteiger partial charge < -0.3 is 10.9 Å². The van der Waals surface area contributed by atoms with Crippen LogP contribution in [-0.2, 0) is 10.2 Å². The fraction of sp³-hybridized carbons (Fsp3) is 0.833. The van der Waals surface area contributed by atoms with Crippen molar-refractivity contribution >= 4 is 16.0 Å². The van der Waals surface area contributed by atoms with Crippen molar-refractivity contribution in [3.63, 3.8) is 0 Å². The summed E-state index contributed by atoms with van der Waals surface area (Å²) in [5, 5.41) is 10.9. The molecular weight excluding hydrogens is 265 g/mol. The minimum absolute atomic E-state index is 0.114. The van der Waals surface area contributed by atoms with Crippen LogP contribution in [0, 0.1) is 0 Å². The van der Waals surface area contributed by atoms with Gasteiger partial charge in [0.05, 0.1) is 6.04 Å². The average molecular weight is 278 g/mol. The van der Waals surface area contributed by atoms with Gasteiger partial charge in [-0.05, 0) is 6.42 Å². The fourth-order valence-electron chi connectivity index (χ4n) is 0.828. The molecule has 0 fully saturated rings. The maximum absolute atomic E-state index is 11.8. The molecule has 0 spiro atoms. The Morgan fingerprint density at radius 1 is 1.53 bits per heavy atom. The lowest BCUT2D eigenvalue weighted by Gasteiger charge is -2.16. The zero-order valence-electron chi connectivity index (χ0n) is 8.82. The molecule has 0 aromatic heterocycles. The predicted molar refractivity (Wildman–Crippen MR) is 53.6 cm³/mol. The van der Waals surface area contributed by atoms with Crippen LogP contribution in [0.25, 0.3) is 0 Å². The molecule has 1 atom stereocenters. The summed E-state index contributed by atoms with van der Waals surface area (Å²) in [5.41, 5.74) is 5.14. The van der Waals surface area contributed by atoms with Crippen LogP contribution in [0.3, 0.4) is 0 Å². The van der Waals surface area contributed by atoms with Crippen molar-refractivity contribution in [2.75, 3.05) is 6.54 Å². The summed E-state index contributed by atoms with van der Waals surface area (Å²) in [6.07, 6.45) is -4.55. The van der Waals surface area contributed by atoms with Crippen molar-refractivity contribution in [3.05, 3.63) is 0 Å². The van der Waals surface area contributed by atoms with Gasteiger partial charge in [-0.15, -0.1) is 0 Å². The van der Waals surface area contributed by atoms with Crippen LogP contribution < -0.4 is 15.2 Å². The topological polar surface area (TPSA) is 117 Å². The van der Waals surface area contributed by atoms with Crippen molar-refractivity contribution in [1.82, 2.24) is 9.44 Å². The smallest absolute Gasteiger partial charge is 0.402 e. The van der Waals surface area contributed by atoms with Crippen LogP contribution in [0.4, 0.5) is 13.2 Å². The maximum Gasteiger partial charge on any atom is 0.402 e. The molecule has 1 unspecified atom stereocenters. The Hall–Kier alpha value is -1.07. The summed E-state index contributed by atoms with van der Waals surface area (Å²) in [5.74, 6) is -0.440. The first-order valence-corrected chi connectivity index (χ1v) is 5.90. The van der Waals surface area contributed by atoms with Gasteiger partial charge in [-0.3, -0.25) is 0 Å². The van der Waals surface area contributed by atoms with E-state index in [0.717, 1.165) is 0 Å². The summed E-state index contributed by atoms with van der Waals surface area (Å²) in [6.45, 7) is -0.191. The standard InChI is InChI=1S/C6H13F3N4O3S/c1-2-4(5(10)12-14)13-17(15,16)11-3-6(7,8)9/h4,11,13-14H,2-3H2,1H3,(H2,10,12). The van der Waals surface area contributed by atoms with E-state index in [0.29, 0.717) is 0 Å². The minimum Gasteiger partial charge on any atom is -0.409 e. The van der Waals surface area contributed by atoms with Gasteiger partial charge in [0.15, 0.2) is 5.84 Å². The molecule has 0 aliphatic carbocycles. The fourth-order valence-corrected chi connectivity index (χ4v) is 1.93. The lowest BCUT2D eigenvalue weighted by molar-refractivity contribution is -0.121. The Morgan fingerprint density at radius 3 is 2.41 bits per heavy atom. The van der Waals surface area contributed by atoms with Gasteiger partial charge in [0.25, 0.3) is 10.2 Å². The molecule has 0 saturated carbocycles. The monoisotopic (exact) mass is 278 g/mol. The lowest BCUT2D eigenvalue weighted by Crippen LogP contribution is -2.50. The van der Waals surface area contributed by atoms with Crippen LogP contribution in [-0.4, -0.2) is 38.2 Å². The molecule has 0 heterocycles. The minimum atomic E-state index is -4.66. The Morgan fingerprint density at radius 2 is 2.06 bits per heavy atom. The zero-order chi connectivity index (χ0) is 13.7. The quantitative estimate of drug-likeness (QED) is 0.227. The van der Waals surface area contributed by atoms with Crippen molar-refractivity contribution in [2.45, 2.75) is 25.6 Å². The highest BCUT2D eigenvalue weighted by Crippen LogP contribution is 2.12. The SMILES string of the molecule is CCC(NS(=O)(=O)NCC(F)(F)F)C(N)=NO. The number of rotatable bonds is 6. The van der Waals surface area contributed by atoms with Crippen LogP contribution in [0.15, 0.2) is 5.16 Å². The molecule has 0 aliphatic heterocycles. The highest BCUT2D eigenvalue weighted by atomic mass is 32.2. The van der Waals surface area contributed by atoms with Crippen LogP contribution in [0.5, 0.6) is 0 Å². The number of oxime groups is 1. The molecule has 102 valence electrons. The molecule has 0 rings (SSSR count). The van der Waals surface area contributed by atoms with Crippen LogP contribution in [0.2, 0.25) is 0 Å². The van der Waals surface area contributed by atoms with Gasteiger partial charge in [0.1, 0.15) is 6.54 Å². The second-order valence-corrected chi connectivity index (χ2v) is 4.57. The van der Waals surface area contributed by atoms with Gasteiger partial charge in [-0.25, -0.2) is 0 Å². The van der Waals surface area contributed by atoms with E-state index in [1.165, 1.54) is 11.6 Å². The Kier molecular flexibility index (Phi) is 5.64. The molecule has 5 N–H and O–H groups in total. The Labute approximate surface area is 96.0 Å².